The summed E-state index contributed by atoms with van der Waals surface area (Å²) in [6, 6.07) is 0. The van der Waals surface area contributed by atoms with E-state index in [0.717, 1.165) is 26.0 Å². The smallest absolute Gasteiger partial charge is 0.302 e. The van der Waals surface area contributed by atoms with E-state index in [2.05, 4.69) is 32.6 Å². The van der Waals surface area contributed by atoms with E-state index < -0.39 is 0 Å². The molecule has 1 fully saturated rings. The van der Waals surface area contributed by atoms with Crippen LogP contribution >= 0.6 is 0 Å². The Balaban J connectivity index is 2.70. The Hall–Kier alpha value is -0.610. The molecular weight excluding hydrogens is 242 g/mol. The number of nitrogens with zero attached hydrogens (tertiary/aromatic N) is 1. The highest BCUT2D eigenvalue weighted by molar-refractivity contribution is 5.65. The quantitative estimate of drug-likeness (QED) is 0.721. The van der Waals surface area contributed by atoms with Crippen LogP contribution in [0.5, 0.6) is 0 Å². The molecular formula is C15H29NO3. The molecule has 0 aromatic carbocycles. The van der Waals surface area contributed by atoms with Gasteiger partial charge in [0.25, 0.3) is 0 Å². The van der Waals surface area contributed by atoms with Gasteiger partial charge in [-0.1, -0.05) is 0 Å². The highest BCUT2D eigenvalue weighted by atomic mass is 16.5. The molecule has 112 valence electrons. The van der Waals surface area contributed by atoms with Gasteiger partial charge >= 0.3 is 5.97 Å². The Labute approximate surface area is 117 Å². The molecule has 0 bridgehead atoms. The fourth-order valence-corrected chi connectivity index (χ4v) is 3.47. The lowest BCUT2D eigenvalue weighted by Gasteiger charge is -2.55. The number of likely N-dealkylation sites (tertiary alicyclic amines) is 1. The number of piperidine rings is 1. The molecule has 1 aliphatic rings. The number of carbonyl (C=O) groups excluding carboxylic acids is 1. The van der Waals surface area contributed by atoms with Crippen molar-refractivity contribution in [3.05, 3.63) is 0 Å². The molecule has 0 saturated carbocycles. The highest BCUT2D eigenvalue weighted by Crippen LogP contribution is 2.39. The van der Waals surface area contributed by atoms with E-state index in [1.165, 1.54) is 6.92 Å². The average Bonchev–Trinajstić information content (AvgIpc) is 2.20. The van der Waals surface area contributed by atoms with Gasteiger partial charge in [-0.15, -0.1) is 0 Å². The molecule has 4 nitrogen and oxygen atoms in total. The van der Waals surface area contributed by atoms with Crippen LogP contribution in [-0.4, -0.2) is 47.8 Å². The molecule has 0 N–H and O–H groups in total. The largest absolute Gasteiger partial charge is 0.465 e. The third-order valence-corrected chi connectivity index (χ3v) is 3.94. The second-order valence-electron chi connectivity index (χ2n) is 6.60. The van der Waals surface area contributed by atoms with Crippen molar-refractivity contribution in [1.82, 2.24) is 4.90 Å². The molecule has 1 heterocycles. The van der Waals surface area contributed by atoms with Gasteiger partial charge in [0.15, 0.2) is 0 Å². The first-order valence-corrected chi connectivity index (χ1v) is 7.22. The highest BCUT2D eigenvalue weighted by Gasteiger charge is 2.45. The number of carbonyl (C=O) groups is 1. The maximum absolute atomic E-state index is 10.9. The topological polar surface area (TPSA) is 38.8 Å². The summed E-state index contributed by atoms with van der Waals surface area (Å²) >= 11 is 0. The third kappa shape index (κ3) is 4.46. The molecule has 0 amide bonds. The van der Waals surface area contributed by atoms with Crippen molar-refractivity contribution in [2.75, 3.05) is 19.8 Å². The number of hydrogen-bond acceptors (Lipinski definition) is 4. The first-order chi connectivity index (χ1) is 8.69. The van der Waals surface area contributed by atoms with Gasteiger partial charge in [0.05, 0.1) is 6.10 Å². The van der Waals surface area contributed by atoms with Crippen LogP contribution in [0, 0.1) is 0 Å². The summed E-state index contributed by atoms with van der Waals surface area (Å²) in [5, 5.41) is 0. The molecule has 0 aromatic heterocycles. The van der Waals surface area contributed by atoms with Crippen molar-refractivity contribution in [3.63, 3.8) is 0 Å². The van der Waals surface area contributed by atoms with E-state index in [1.807, 2.05) is 6.92 Å². The summed E-state index contributed by atoms with van der Waals surface area (Å²) < 4.78 is 10.9. The van der Waals surface area contributed by atoms with Crippen LogP contribution in [0.1, 0.15) is 54.4 Å². The maximum Gasteiger partial charge on any atom is 0.302 e. The van der Waals surface area contributed by atoms with Gasteiger partial charge in [0.2, 0.25) is 0 Å². The minimum absolute atomic E-state index is 0.0573. The van der Waals surface area contributed by atoms with Gasteiger partial charge in [-0.25, -0.2) is 0 Å². The molecule has 19 heavy (non-hydrogen) atoms. The minimum Gasteiger partial charge on any atom is -0.465 e. The number of ether oxygens (including phenoxy) is 2. The zero-order valence-corrected chi connectivity index (χ0v) is 13.3. The summed E-state index contributed by atoms with van der Waals surface area (Å²) in [5.74, 6) is -0.209. The van der Waals surface area contributed by atoms with Crippen molar-refractivity contribution in [2.45, 2.75) is 71.6 Å². The number of hydrogen-bond donors (Lipinski definition) is 0. The van der Waals surface area contributed by atoms with Gasteiger partial charge in [-0.05, 0) is 47.5 Å². The first kappa shape index (κ1) is 16.4. The summed E-state index contributed by atoms with van der Waals surface area (Å²) in [6.07, 6.45) is 2.36. The predicted molar refractivity (Wildman–Crippen MR) is 76.1 cm³/mol. The standard InChI is InChI=1S/C15H29NO3/c1-7-18-13-10-14(3,4)16(15(5,6)11-13)8-9-19-12(2)17/h13H,7-11H2,1-6H3. The van der Waals surface area contributed by atoms with Crippen LogP contribution in [0.4, 0.5) is 0 Å². The molecule has 1 rings (SSSR count). The Kier molecular flexibility index (Phi) is 5.39. The molecule has 0 radical (unpaired) electrons. The van der Waals surface area contributed by atoms with E-state index in [-0.39, 0.29) is 17.0 Å². The van der Waals surface area contributed by atoms with Gasteiger partial charge in [0.1, 0.15) is 6.61 Å². The Morgan fingerprint density at radius 2 is 1.74 bits per heavy atom. The normalized spacial score (nSPS) is 23.3. The fourth-order valence-electron chi connectivity index (χ4n) is 3.47. The molecule has 0 aromatic rings. The van der Waals surface area contributed by atoms with Crippen LogP contribution in [0.3, 0.4) is 0 Å². The molecule has 1 aliphatic heterocycles. The summed E-state index contributed by atoms with van der Waals surface area (Å²) in [5.41, 5.74) is 0.115. The van der Waals surface area contributed by atoms with Gasteiger partial charge in [-0.3, -0.25) is 9.69 Å². The lowest BCUT2D eigenvalue weighted by molar-refractivity contribution is -0.145. The van der Waals surface area contributed by atoms with E-state index in [1.54, 1.807) is 0 Å². The Bertz CT molecular complexity index is 295. The van der Waals surface area contributed by atoms with E-state index in [9.17, 15) is 4.79 Å². The SMILES string of the molecule is CCOC1CC(C)(C)N(CCOC(C)=O)C(C)(C)C1. The second-order valence-corrected chi connectivity index (χ2v) is 6.60. The second kappa shape index (κ2) is 6.23. The minimum atomic E-state index is -0.209. The van der Waals surface area contributed by atoms with Crippen molar-refractivity contribution >= 4 is 5.97 Å². The number of rotatable bonds is 5. The van der Waals surface area contributed by atoms with Gasteiger partial charge < -0.3 is 9.47 Å². The van der Waals surface area contributed by atoms with Gasteiger partial charge in [0, 0.05) is 31.2 Å². The van der Waals surface area contributed by atoms with Crippen molar-refractivity contribution in [1.29, 1.82) is 0 Å². The molecule has 4 heteroatoms. The van der Waals surface area contributed by atoms with Gasteiger partial charge in [-0.2, -0.15) is 0 Å². The van der Waals surface area contributed by atoms with E-state index in [0.29, 0.717) is 12.7 Å². The van der Waals surface area contributed by atoms with Crippen molar-refractivity contribution in [2.24, 2.45) is 0 Å². The molecule has 0 atom stereocenters. The zero-order valence-electron chi connectivity index (χ0n) is 13.3. The third-order valence-electron chi connectivity index (χ3n) is 3.94. The summed E-state index contributed by atoms with van der Waals surface area (Å²) in [6.45, 7) is 14.5. The van der Waals surface area contributed by atoms with Crippen molar-refractivity contribution in [3.8, 4) is 0 Å². The van der Waals surface area contributed by atoms with Crippen LogP contribution in [0.15, 0.2) is 0 Å². The zero-order chi connectivity index (χ0) is 14.7. The summed E-state index contributed by atoms with van der Waals surface area (Å²) in [7, 11) is 0. The maximum atomic E-state index is 10.9. The van der Waals surface area contributed by atoms with Crippen LogP contribution in [-0.2, 0) is 14.3 Å². The fraction of sp³-hybridized carbons (Fsp3) is 0.933. The van der Waals surface area contributed by atoms with Crippen LogP contribution in [0.2, 0.25) is 0 Å². The average molecular weight is 271 g/mol. The molecule has 0 spiro atoms. The van der Waals surface area contributed by atoms with E-state index in [4.69, 9.17) is 9.47 Å². The Morgan fingerprint density at radius 1 is 1.21 bits per heavy atom. The van der Waals surface area contributed by atoms with Crippen LogP contribution < -0.4 is 0 Å². The Morgan fingerprint density at radius 3 is 2.16 bits per heavy atom. The molecule has 0 unspecified atom stereocenters. The van der Waals surface area contributed by atoms with Crippen LogP contribution in [0.25, 0.3) is 0 Å². The van der Waals surface area contributed by atoms with Crippen molar-refractivity contribution < 1.29 is 14.3 Å². The lowest BCUT2D eigenvalue weighted by Crippen LogP contribution is -2.62. The predicted octanol–water partition coefficient (Wildman–Crippen LogP) is 2.61. The summed E-state index contributed by atoms with van der Waals surface area (Å²) in [4.78, 5) is 13.3. The molecule has 0 aliphatic carbocycles. The first-order valence-electron chi connectivity index (χ1n) is 7.22. The monoisotopic (exact) mass is 271 g/mol. The lowest BCUT2D eigenvalue weighted by atomic mass is 9.78. The number of esters is 1. The van der Waals surface area contributed by atoms with E-state index >= 15 is 0 Å². The molecule has 1 saturated heterocycles.